The van der Waals surface area contributed by atoms with Crippen LogP contribution < -0.4 is 10.5 Å². The van der Waals surface area contributed by atoms with Crippen LogP contribution in [0.3, 0.4) is 0 Å². The Morgan fingerprint density at radius 1 is 1.24 bits per heavy atom. The van der Waals surface area contributed by atoms with Crippen molar-refractivity contribution >= 4 is 10.0 Å². The Morgan fingerprint density at radius 3 is 2.52 bits per heavy atom. The fourth-order valence-electron chi connectivity index (χ4n) is 2.67. The zero-order valence-electron chi connectivity index (χ0n) is 11.2. The van der Waals surface area contributed by atoms with E-state index in [0.29, 0.717) is 13.0 Å². The molecule has 1 aliphatic carbocycles. The molecule has 0 spiro atoms. The molecule has 1 aliphatic rings. The van der Waals surface area contributed by atoms with Crippen LogP contribution in [-0.4, -0.2) is 21.0 Å². The molecule has 0 radical (unpaired) electrons. The molecule has 2 rings (SSSR count). The van der Waals surface area contributed by atoms with Crippen LogP contribution >= 0.6 is 0 Å². The number of alkyl halides is 3. The van der Waals surface area contributed by atoms with Crippen LogP contribution in [-0.2, 0) is 16.2 Å². The van der Waals surface area contributed by atoms with Crippen LogP contribution in [0.5, 0.6) is 0 Å². The number of nitrogens with two attached hydrogens (primary N) is 1. The molecule has 1 aromatic carbocycles. The summed E-state index contributed by atoms with van der Waals surface area (Å²) < 4.78 is 65.7. The lowest BCUT2D eigenvalue weighted by atomic mass is 10.1. The maximum atomic E-state index is 12.9. The van der Waals surface area contributed by atoms with E-state index in [0.717, 1.165) is 25.0 Å². The minimum absolute atomic E-state index is 0.0298. The summed E-state index contributed by atoms with van der Waals surface area (Å²) in [5.74, 6) is -0.0298. The van der Waals surface area contributed by atoms with Crippen LogP contribution in [0.4, 0.5) is 13.2 Å². The molecule has 118 valence electrons. The van der Waals surface area contributed by atoms with Crippen molar-refractivity contribution in [3.8, 4) is 0 Å². The van der Waals surface area contributed by atoms with Gasteiger partial charge in [0, 0.05) is 6.04 Å². The molecule has 0 amide bonds. The molecule has 1 aromatic rings. The van der Waals surface area contributed by atoms with Gasteiger partial charge in [-0.15, -0.1) is 0 Å². The quantitative estimate of drug-likeness (QED) is 0.892. The van der Waals surface area contributed by atoms with E-state index in [4.69, 9.17) is 5.73 Å². The lowest BCUT2D eigenvalue weighted by molar-refractivity contribution is -0.139. The van der Waals surface area contributed by atoms with Gasteiger partial charge in [-0.3, -0.25) is 0 Å². The van der Waals surface area contributed by atoms with Gasteiger partial charge < -0.3 is 5.73 Å². The molecule has 0 unspecified atom stereocenters. The molecular formula is C13H17F3N2O2S. The first-order valence-electron chi connectivity index (χ1n) is 6.64. The number of benzene rings is 1. The van der Waals surface area contributed by atoms with Crippen LogP contribution in [0.15, 0.2) is 29.2 Å². The van der Waals surface area contributed by atoms with Crippen LogP contribution in [0, 0.1) is 5.92 Å². The van der Waals surface area contributed by atoms with Gasteiger partial charge in [0.1, 0.15) is 0 Å². The average molecular weight is 322 g/mol. The van der Waals surface area contributed by atoms with Crippen molar-refractivity contribution in [3.05, 3.63) is 29.8 Å². The monoisotopic (exact) mass is 322 g/mol. The Labute approximate surface area is 121 Å². The molecule has 2 atom stereocenters. The first-order valence-corrected chi connectivity index (χ1v) is 8.12. The Bertz CT molecular complexity index is 602. The molecule has 0 saturated heterocycles. The molecule has 3 N–H and O–H groups in total. The summed E-state index contributed by atoms with van der Waals surface area (Å²) in [5.41, 5.74) is 4.41. The number of halogens is 3. The number of nitrogens with one attached hydrogen (secondary N) is 1. The van der Waals surface area contributed by atoms with Crippen LogP contribution in [0.2, 0.25) is 0 Å². The largest absolute Gasteiger partial charge is 0.417 e. The highest BCUT2D eigenvalue weighted by Crippen LogP contribution is 2.34. The van der Waals surface area contributed by atoms with Gasteiger partial charge in [0.05, 0.1) is 10.5 Å². The van der Waals surface area contributed by atoms with Gasteiger partial charge in [-0.25, -0.2) is 13.1 Å². The van der Waals surface area contributed by atoms with E-state index < -0.39 is 32.7 Å². The van der Waals surface area contributed by atoms with E-state index in [2.05, 4.69) is 4.72 Å². The molecule has 8 heteroatoms. The van der Waals surface area contributed by atoms with E-state index >= 15 is 0 Å². The molecule has 0 heterocycles. The van der Waals surface area contributed by atoms with Gasteiger partial charge in [-0.2, -0.15) is 13.2 Å². The molecule has 4 nitrogen and oxygen atoms in total. The van der Waals surface area contributed by atoms with Crippen LogP contribution in [0.25, 0.3) is 0 Å². The SMILES string of the molecule is NC[C@H]1CCC[C@@H]1NS(=O)(=O)c1ccccc1C(F)(F)F. The van der Waals surface area contributed by atoms with Crippen molar-refractivity contribution in [2.24, 2.45) is 11.7 Å². The lowest BCUT2D eigenvalue weighted by Crippen LogP contribution is -2.40. The minimum Gasteiger partial charge on any atom is -0.330 e. The Balaban J connectivity index is 2.32. The van der Waals surface area contributed by atoms with E-state index in [-0.39, 0.29) is 5.92 Å². The molecule has 1 saturated carbocycles. The number of hydrogen-bond donors (Lipinski definition) is 2. The zero-order chi connectivity index (χ0) is 15.7. The fourth-order valence-corrected chi connectivity index (χ4v) is 4.24. The second-order valence-electron chi connectivity index (χ2n) is 5.15. The van der Waals surface area contributed by atoms with Crippen molar-refractivity contribution in [2.75, 3.05) is 6.54 Å². The predicted octanol–water partition coefficient (Wildman–Crippen LogP) is 2.11. The summed E-state index contributed by atoms with van der Waals surface area (Å²) in [4.78, 5) is -0.736. The van der Waals surface area contributed by atoms with Gasteiger partial charge in [0.15, 0.2) is 0 Å². The number of hydrogen-bond acceptors (Lipinski definition) is 3. The Hall–Kier alpha value is -1.12. The summed E-state index contributed by atoms with van der Waals surface area (Å²) >= 11 is 0. The highest BCUT2D eigenvalue weighted by Gasteiger charge is 2.38. The third-order valence-corrected chi connectivity index (χ3v) is 5.30. The molecule has 0 aromatic heterocycles. The molecule has 21 heavy (non-hydrogen) atoms. The lowest BCUT2D eigenvalue weighted by Gasteiger charge is -2.21. The first-order chi connectivity index (χ1) is 9.75. The summed E-state index contributed by atoms with van der Waals surface area (Å²) in [5, 5.41) is 0. The molecular weight excluding hydrogens is 305 g/mol. The molecule has 0 aliphatic heterocycles. The second-order valence-corrected chi connectivity index (χ2v) is 6.83. The van der Waals surface area contributed by atoms with Gasteiger partial charge in [0.2, 0.25) is 10.0 Å². The van der Waals surface area contributed by atoms with Gasteiger partial charge >= 0.3 is 6.18 Å². The maximum absolute atomic E-state index is 12.9. The second kappa shape index (κ2) is 5.94. The summed E-state index contributed by atoms with van der Waals surface area (Å²) in [6, 6.07) is 3.78. The molecule has 1 fully saturated rings. The van der Waals surface area contributed by atoms with Crippen molar-refractivity contribution < 1.29 is 21.6 Å². The van der Waals surface area contributed by atoms with Crippen molar-refractivity contribution in [2.45, 2.75) is 36.4 Å². The van der Waals surface area contributed by atoms with Crippen molar-refractivity contribution in [1.82, 2.24) is 4.72 Å². The highest BCUT2D eigenvalue weighted by atomic mass is 32.2. The normalized spacial score (nSPS) is 23.4. The highest BCUT2D eigenvalue weighted by molar-refractivity contribution is 7.89. The fraction of sp³-hybridized carbons (Fsp3) is 0.538. The van der Waals surface area contributed by atoms with Crippen molar-refractivity contribution in [1.29, 1.82) is 0 Å². The summed E-state index contributed by atoms with van der Waals surface area (Å²) in [6.07, 6.45) is -2.52. The number of sulfonamides is 1. The van der Waals surface area contributed by atoms with Gasteiger partial charge in [-0.1, -0.05) is 18.6 Å². The Kier molecular flexibility index (Phi) is 4.60. The topological polar surface area (TPSA) is 72.2 Å². The summed E-state index contributed by atoms with van der Waals surface area (Å²) in [6.45, 7) is 0.314. The standard InChI is InChI=1S/C13H17F3N2O2S/c14-13(15,16)10-5-1-2-7-12(10)21(19,20)18-11-6-3-4-9(11)8-17/h1-2,5,7,9,11,18H,3-4,6,8,17H2/t9-,11+/m1/s1. The smallest absolute Gasteiger partial charge is 0.330 e. The average Bonchev–Trinajstić information content (AvgIpc) is 2.84. The Morgan fingerprint density at radius 2 is 1.90 bits per heavy atom. The first kappa shape index (κ1) is 16.3. The third-order valence-electron chi connectivity index (χ3n) is 3.75. The summed E-state index contributed by atoms with van der Waals surface area (Å²) in [7, 11) is -4.23. The molecule has 0 bridgehead atoms. The zero-order valence-corrected chi connectivity index (χ0v) is 12.0. The van der Waals surface area contributed by atoms with Gasteiger partial charge in [0.25, 0.3) is 0 Å². The minimum atomic E-state index is -4.71. The van der Waals surface area contributed by atoms with E-state index in [1.165, 1.54) is 12.1 Å². The van der Waals surface area contributed by atoms with Crippen molar-refractivity contribution in [3.63, 3.8) is 0 Å². The predicted molar refractivity (Wildman–Crippen MR) is 71.9 cm³/mol. The van der Waals surface area contributed by atoms with Crippen LogP contribution in [0.1, 0.15) is 24.8 Å². The third kappa shape index (κ3) is 3.56. The van der Waals surface area contributed by atoms with Gasteiger partial charge in [-0.05, 0) is 37.4 Å². The van der Waals surface area contributed by atoms with E-state index in [9.17, 15) is 21.6 Å². The van der Waals surface area contributed by atoms with E-state index in [1.54, 1.807) is 0 Å². The van der Waals surface area contributed by atoms with E-state index in [1.807, 2.05) is 0 Å². The number of rotatable bonds is 4. The maximum Gasteiger partial charge on any atom is 0.417 e.